The van der Waals surface area contributed by atoms with Gasteiger partial charge in [-0.15, -0.1) is 0 Å². The fraction of sp³-hybridized carbons (Fsp3) is 0.953. The molecule has 0 aromatic rings. The highest BCUT2D eigenvalue weighted by Gasteiger charge is 2.30. The summed E-state index contributed by atoms with van der Waals surface area (Å²) in [6, 6.07) is 0. The normalized spacial score (nSPS) is 13.8. The van der Waals surface area contributed by atoms with Crippen molar-refractivity contribution in [1.82, 2.24) is 0 Å². The molecule has 0 fully saturated rings. The van der Waals surface area contributed by atoms with Crippen LogP contribution in [0.1, 0.15) is 452 Å². The van der Waals surface area contributed by atoms with Gasteiger partial charge in [-0.25, -0.2) is 9.13 Å². The van der Waals surface area contributed by atoms with E-state index in [0.29, 0.717) is 31.6 Å². The fourth-order valence-electron chi connectivity index (χ4n) is 13.2. The number of phosphoric ester groups is 2. The third-order valence-electron chi connectivity index (χ3n) is 20.0. The van der Waals surface area contributed by atoms with Crippen LogP contribution in [0.15, 0.2) is 0 Å². The van der Waals surface area contributed by atoms with Gasteiger partial charge in [-0.05, 0) is 37.5 Å². The molecule has 618 valence electrons. The average molecular weight is 1520 g/mol. The van der Waals surface area contributed by atoms with Gasteiger partial charge >= 0.3 is 39.5 Å². The molecule has 0 aromatic heterocycles. The van der Waals surface area contributed by atoms with Crippen molar-refractivity contribution in [3.8, 4) is 0 Å². The number of aliphatic hydroxyl groups is 1. The number of unbranched alkanes of at least 4 members (excludes halogenated alkanes) is 54. The maximum atomic E-state index is 13.1. The minimum Gasteiger partial charge on any atom is -0.462 e. The molecule has 17 nitrogen and oxygen atoms in total. The summed E-state index contributed by atoms with van der Waals surface area (Å²) in [7, 11) is -9.92. The molecule has 0 aliphatic carbocycles. The van der Waals surface area contributed by atoms with Gasteiger partial charge < -0.3 is 33.8 Å². The van der Waals surface area contributed by atoms with Crippen LogP contribution in [-0.2, 0) is 65.4 Å². The number of hydrogen-bond donors (Lipinski definition) is 3. The number of carbonyl (C=O) groups is 4. The van der Waals surface area contributed by atoms with Crippen LogP contribution in [0.25, 0.3) is 0 Å². The van der Waals surface area contributed by atoms with Crippen molar-refractivity contribution in [2.75, 3.05) is 39.6 Å². The van der Waals surface area contributed by atoms with E-state index in [2.05, 4.69) is 41.5 Å². The van der Waals surface area contributed by atoms with E-state index >= 15 is 0 Å². The molecule has 0 amide bonds. The lowest BCUT2D eigenvalue weighted by Crippen LogP contribution is -2.30. The quantitative estimate of drug-likeness (QED) is 0.0222. The standard InChI is InChI=1S/C85H166O17P2/c1-7-9-11-13-15-17-19-21-23-25-29-33-36-40-44-48-55-61-67-82(87)95-73-80(101-84(89)69-64-58-50-46-42-38-34-30-27-26-28-31-35-39-43-47-53-59-65-77(3)4)75-99-103(91,92)97-71-79(86)72-98-104(93,94)100-76-81(74-96-83(88)68-62-56-52-51-54-60-66-78(5)6)102-85(90)70-63-57-49-45-41-37-32-24-22-20-18-16-14-12-10-8-2/h77-81,86H,7-76H2,1-6H3,(H,91,92)(H,93,94)/t79-,80-,81-/m1/s1. The molecule has 0 saturated carbocycles. The van der Waals surface area contributed by atoms with E-state index < -0.39 is 97.5 Å². The molecule has 0 rings (SSSR count). The van der Waals surface area contributed by atoms with Crippen LogP contribution >= 0.6 is 15.6 Å². The van der Waals surface area contributed by atoms with Gasteiger partial charge in [0, 0.05) is 25.7 Å². The maximum absolute atomic E-state index is 13.1. The Hall–Kier alpha value is -1.94. The summed E-state index contributed by atoms with van der Waals surface area (Å²) >= 11 is 0. The van der Waals surface area contributed by atoms with Crippen LogP contribution in [0, 0.1) is 11.8 Å². The minimum absolute atomic E-state index is 0.108. The van der Waals surface area contributed by atoms with Gasteiger partial charge in [-0.1, -0.05) is 401 Å². The SMILES string of the molecule is CCCCCCCCCCCCCCCCCCCCC(=O)OC[C@H](COP(=O)(O)OC[C@@H](O)COP(=O)(O)OC[C@@H](COC(=O)CCCCCCCCC(C)C)OC(=O)CCCCCCCCCCCCCCCCCC)OC(=O)CCCCCCCCCCCCCCCCCCCCC(C)C. The lowest BCUT2D eigenvalue weighted by atomic mass is 10.0. The Labute approximate surface area is 638 Å². The Morgan fingerprint density at radius 1 is 0.260 bits per heavy atom. The Balaban J connectivity index is 5.21. The van der Waals surface area contributed by atoms with E-state index in [0.717, 1.165) is 102 Å². The second-order valence-corrected chi connectivity index (χ2v) is 34.4. The molecule has 0 saturated heterocycles. The Morgan fingerprint density at radius 2 is 0.442 bits per heavy atom. The van der Waals surface area contributed by atoms with Crippen molar-refractivity contribution in [2.24, 2.45) is 11.8 Å². The van der Waals surface area contributed by atoms with E-state index in [1.54, 1.807) is 0 Å². The highest BCUT2D eigenvalue weighted by molar-refractivity contribution is 7.47. The molecular weight excluding hydrogens is 1350 g/mol. The summed E-state index contributed by atoms with van der Waals surface area (Å²) in [4.78, 5) is 73.1. The zero-order valence-electron chi connectivity index (χ0n) is 68.3. The van der Waals surface area contributed by atoms with Gasteiger partial charge in [0.2, 0.25) is 0 Å². The average Bonchev–Trinajstić information content (AvgIpc) is 0.910. The number of carbonyl (C=O) groups excluding carboxylic acids is 4. The second kappa shape index (κ2) is 76.4. The molecule has 0 heterocycles. The molecular formula is C85H166O17P2. The van der Waals surface area contributed by atoms with Crippen LogP contribution in [0.4, 0.5) is 0 Å². The lowest BCUT2D eigenvalue weighted by molar-refractivity contribution is -0.161. The van der Waals surface area contributed by atoms with Crippen LogP contribution in [0.3, 0.4) is 0 Å². The van der Waals surface area contributed by atoms with Crippen molar-refractivity contribution in [2.45, 2.75) is 471 Å². The van der Waals surface area contributed by atoms with Crippen molar-refractivity contribution >= 4 is 39.5 Å². The molecule has 104 heavy (non-hydrogen) atoms. The van der Waals surface area contributed by atoms with Crippen molar-refractivity contribution < 1.29 is 80.2 Å². The number of hydrogen-bond acceptors (Lipinski definition) is 15. The zero-order valence-corrected chi connectivity index (χ0v) is 70.1. The van der Waals surface area contributed by atoms with Crippen molar-refractivity contribution in [1.29, 1.82) is 0 Å². The number of ether oxygens (including phenoxy) is 4. The molecule has 0 spiro atoms. The predicted octanol–water partition coefficient (Wildman–Crippen LogP) is 25.8. The molecule has 0 bridgehead atoms. The van der Waals surface area contributed by atoms with E-state index in [4.69, 9.17) is 37.0 Å². The van der Waals surface area contributed by atoms with E-state index in [-0.39, 0.29) is 25.7 Å². The Morgan fingerprint density at radius 3 is 0.654 bits per heavy atom. The van der Waals surface area contributed by atoms with Crippen LogP contribution < -0.4 is 0 Å². The topological polar surface area (TPSA) is 237 Å². The number of aliphatic hydroxyl groups excluding tert-OH is 1. The maximum Gasteiger partial charge on any atom is 0.472 e. The Kier molecular flexibility index (Phi) is 75.0. The van der Waals surface area contributed by atoms with Gasteiger partial charge in [-0.3, -0.25) is 37.3 Å². The monoisotopic (exact) mass is 1520 g/mol. The molecule has 0 aliphatic rings. The summed E-state index contributed by atoms with van der Waals surface area (Å²) in [5, 5.41) is 10.7. The van der Waals surface area contributed by atoms with E-state index in [1.807, 2.05) is 0 Å². The van der Waals surface area contributed by atoms with Crippen LogP contribution in [-0.4, -0.2) is 96.7 Å². The summed E-state index contributed by atoms with van der Waals surface area (Å²) in [5.41, 5.74) is 0. The van der Waals surface area contributed by atoms with Crippen molar-refractivity contribution in [3.05, 3.63) is 0 Å². The minimum atomic E-state index is -4.96. The third-order valence-corrected chi connectivity index (χ3v) is 21.9. The molecule has 2 unspecified atom stereocenters. The van der Waals surface area contributed by atoms with Gasteiger partial charge in [0.15, 0.2) is 12.2 Å². The molecule has 3 N–H and O–H groups in total. The summed E-state index contributed by atoms with van der Waals surface area (Å²) in [5.74, 6) is -0.605. The van der Waals surface area contributed by atoms with Gasteiger partial charge in [-0.2, -0.15) is 0 Å². The number of phosphoric acid groups is 2. The highest BCUT2D eigenvalue weighted by atomic mass is 31.2. The smallest absolute Gasteiger partial charge is 0.462 e. The first-order valence-electron chi connectivity index (χ1n) is 44.0. The molecule has 0 aliphatic heterocycles. The Bertz CT molecular complexity index is 1990. The third kappa shape index (κ3) is 78.2. The number of rotatable bonds is 84. The summed E-state index contributed by atoms with van der Waals surface area (Å²) in [6.07, 6.45) is 68.2. The van der Waals surface area contributed by atoms with Gasteiger partial charge in [0.25, 0.3) is 0 Å². The molecule has 0 aromatic carbocycles. The second-order valence-electron chi connectivity index (χ2n) is 31.5. The fourth-order valence-corrected chi connectivity index (χ4v) is 14.8. The van der Waals surface area contributed by atoms with E-state index in [1.165, 1.54) is 263 Å². The first kappa shape index (κ1) is 102. The van der Waals surface area contributed by atoms with Gasteiger partial charge in [0.05, 0.1) is 26.4 Å². The first-order valence-corrected chi connectivity index (χ1v) is 47.0. The molecule has 0 radical (unpaired) electrons. The number of esters is 4. The summed E-state index contributed by atoms with van der Waals surface area (Å²) in [6.45, 7) is 9.62. The van der Waals surface area contributed by atoms with E-state index in [9.17, 15) is 43.2 Å². The predicted molar refractivity (Wildman–Crippen MR) is 428 cm³/mol. The lowest BCUT2D eigenvalue weighted by Gasteiger charge is -2.21. The van der Waals surface area contributed by atoms with Crippen molar-refractivity contribution in [3.63, 3.8) is 0 Å². The molecule has 19 heteroatoms. The van der Waals surface area contributed by atoms with Crippen LogP contribution in [0.2, 0.25) is 0 Å². The highest BCUT2D eigenvalue weighted by Crippen LogP contribution is 2.45. The summed E-state index contributed by atoms with van der Waals surface area (Å²) < 4.78 is 68.8. The van der Waals surface area contributed by atoms with Crippen LogP contribution in [0.5, 0.6) is 0 Å². The molecule has 5 atom stereocenters. The largest absolute Gasteiger partial charge is 0.472 e. The zero-order chi connectivity index (χ0) is 76.4. The first-order chi connectivity index (χ1) is 50.4. The van der Waals surface area contributed by atoms with Gasteiger partial charge in [0.1, 0.15) is 19.3 Å².